The molecule has 1 heterocycles. The zero-order chi connectivity index (χ0) is 14.7. The molecular formula is C15H15BrFNOS. The van der Waals surface area contributed by atoms with Crippen LogP contribution >= 0.6 is 27.3 Å². The van der Waals surface area contributed by atoms with Crippen LogP contribution in [0.5, 0.6) is 0 Å². The normalized spacial score (nSPS) is 12.2. The smallest absolute Gasteiger partial charge is 0.257 e. The number of rotatable bonds is 4. The van der Waals surface area contributed by atoms with Crippen molar-refractivity contribution in [2.24, 2.45) is 0 Å². The molecule has 0 saturated heterocycles. The van der Waals surface area contributed by atoms with Gasteiger partial charge in [-0.1, -0.05) is 12.1 Å². The number of thiophene rings is 1. The Balaban J connectivity index is 2.16. The van der Waals surface area contributed by atoms with E-state index in [0.717, 1.165) is 6.42 Å². The summed E-state index contributed by atoms with van der Waals surface area (Å²) in [6.45, 7) is 1.96. The van der Waals surface area contributed by atoms with Crippen LogP contribution in [0.3, 0.4) is 0 Å². The predicted octanol–water partition coefficient (Wildman–Crippen LogP) is 4.35. The fourth-order valence-corrected chi connectivity index (χ4v) is 3.27. The molecule has 2 rings (SSSR count). The third-order valence-corrected chi connectivity index (χ3v) is 4.79. The molecule has 5 heteroatoms. The Kier molecular flexibility index (Phi) is 4.94. The first-order chi connectivity index (χ1) is 9.50. The molecule has 0 aliphatic heterocycles. The lowest BCUT2D eigenvalue weighted by Crippen LogP contribution is -2.37. The molecule has 1 atom stereocenters. The summed E-state index contributed by atoms with van der Waals surface area (Å²) in [6.07, 6.45) is 0.770. The van der Waals surface area contributed by atoms with E-state index in [4.69, 9.17) is 0 Å². The molecule has 0 aliphatic carbocycles. The number of nitrogens with zero attached hydrogens (tertiary/aromatic N) is 1. The van der Waals surface area contributed by atoms with Crippen LogP contribution in [-0.4, -0.2) is 23.9 Å². The number of amides is 1. The molecule has 0 N–H and O–H groups in total. The van der Waals surface area contributed by atoms with Gasteiger partial charge < -0.3 is 4.90 Å². The van der Waals surface area contributed by atoms with Crippen molar-refractivity contribution in [2.75, 3.05) is 7.05 Å². The fourth-order valence-electron chi connectivity index (χ4n) is 1.94. The van der Waals surface area contributed by atoms with E-state index in [1.54, 1.807) is 35.4 Å². The predicted molar refractivity (Wildman–Crippen MR) is 83.7 cm³/mol. The van der Waals surface area contributed by atoms with Crippen LogP contribution in [0.25, 0.3) is 0 Å². The Morgan fingerprint density at radius 1 is 1.40 bits per heavy atom. The zero-order valence-electron chi connectivity index (χ0n) is 11.3. The lowest BCUT2D eigenvalue weighted by Gasteiger charge is -2.25. The monoisotopic (exact) mass is 355 g/mol. The largest absolute Gasteiger partial charge is 0.339 e. The summed E-state index contributed by atoms with van der Waals surface area (Å²) in [5.41, 5.74) is 0.0908. The highest BCUT2D eigenvalue weighted by molar-refractivity contribution is 9.10. The highest BCUT2D eigenvalue weighted by Crippen LogP contribution is 2.22. The van der Waals surface area contributed by atoms with Gasteiger partial charge in [-0.15, -0.1) is 11.3 Å². The molecule has 1 unspecified atom stereocenters. The molecule has 0 fully saturated rings. The van der Waals surface area contributed by atoms with Gasteiger partial charge in [0.25, 0.3) is 5.91 Å². The topological polar surface area (TPSA) is 20.3 Å². The van der Waals surface area contributed by atoms with Gasteiger partial charge in [0.15, 0.2) is 0 Å². The van der Waals surface area contributed by atoms with Gasteiger partial charge in [-0.25, -0.2) is 4.39 Å². The van der Waals surface area contributed by atoms with Crippen molar-refractivity contribution < 1.29 is 9.18 Å². The first-order valence-electron chi connectivity index (χ1n) is 6.24. The van der Waals surface area contributed by atoms with Crippen LogP contribution in [0.15, 0.2) is 40.2 Å². The Labute approximate surface area is 130 Å². The number of benzene rings is 1. The van der Waals surface area contributed by atoms with Gasteiger partial charge in [0.05, 0.1) is 5.56 Å². The van der Waals surface area contributed by atoms with E-state index < -0.39 is 5.82 Å². The minimum Gasteiger partial charge on any atom is -0.339 e. The van der Waals surface area contributed by atoms with Crippen LogP contribution in [0, 0.1) is 5.82 Å². The van der Waals surface area contributed by atoms with E-state index in [0.29, 0.717) is 4.47 Å². The van der Waals surface area contributed by atoms with Crippen molar-refractivity contribution in [2.45, 2.75) is 19.4 Å². The summed E-state index contributed by atoms with van der Waals surface area (Å²) in [7, 11) is 1.71. The Bertz CT molecular complexity index is 580. The second-order valence-corrected chi connectivity index (χ2v) is 6.53. The highest BCUT2D eigenvalue weighted by atomic mass is 79.9. The van der Waals surface area contributed by atoms with Crippen LogP contribution in [0.2, 0.25) is 0 Å². The molecule has 2 nitrogen and oxygen atoms in total. The number of hydrogen-bond acceptors (Lipinski definition) is 2. The quantitative estimate of drug-likeness (QED) is 0.798. The van der Waals surface area contributed by atoms with Gasteiger partial charge >= 0.3 is 0 Å². The molecule has 0 aliphatic rings. The van der Waals surface area contributed by atoms with Crippen molar-refractivity contribution in [3.8, 4) is 0 Å². The van der Waals surface area contributed by atoms with Crippen LogP contribution in [0.4, 0.5) is 4.39 Å². The van der Waals surface area contributed by atoms with Gasteiger partial charge in [-0.2, -0.15) is 0 Å². The Morgan fingerprint density at radius 3 is 2.75 bits per heavy atom. The zero-order valence-corrected chi connectivity index (χ0v) is 13.7. The Hall–Kier alpha value is -1.20. The van der Waals surface area contributed by atoms with E-state index in [9.17, 15) is 9.18 Å². The summed E-state index contributed by atoms with van der Waals surface area (Å²) in [4.78, 5) is 15.2. The molecule has 106 valence electrons. The van der Waals surface area contributed by atoms with Crippen LogP contribution in [-0.2, 0) is 6.42 Å². The Morgan fingerprint density at radius 2 is 2.15 bits per heavy atom. The van der Waals surface area contributed by atoms with Gasteiger partial charge in [0.1, 0.15) is 5.82 Å². The molecular weight excluding hydrogens is 341 g/mol. The first kappa shape index (κ1) is 15.2. The second kappa shape index (κ2) is 6.50. The molecule has 0 spiro atoms. The van der Waals surface area contributed by atoms with Gasteiger partial charge in [0, 0.05) is 28.9 Å². The van der Waals surface area contributed by atoms with Crippen molar-refractivity contribution >= 4 is 33.2 Å². The minimum absolute atomic E-state index is 0.00709. The second-order valence-electron chi connectivity index (χ2n) is 4.65. The summed E-state index contributed by atoms with van der Waals surface area (Å²) in [5, 5.41) is 2.01. The van der Waals surface area contributed by atoms with Gasteiger partial charge in [-0.05, 0) is 46.4 Å². The summed E-state index contributed by atoms with van der Waals surface area (Å²) >= 11 is 4.90. The van der Waals surface area contributed by atoms with Gasteiger partial charge in [-0.3, -0.25) is 4.79 Å². The van der Waals surface area contributed by atoms with Crippen molar-refractivity contribution in [3.05, 3.63) is 56.4 Å². The summed E-state index contributed by atoms with van der Waals surface area (Å²) in [5.74, 6) is -0.807. The number of hydrogen-bond donors (Lipinski definition) is 0. The molecule has 0 saturated carbocycles. The van der Waals surface area contributed by atoms with Gasteiger partial charge in [0.2, 0.25) is 0 Å². The fraction of sp³-hybridized carbons (Fsp3) is 0.267. The van der Waals surface area contributed by atoms with Crippen molar-refractivity contribution in [1.82, 2.24) is 4.90 Å². The third kappa shape index (κ3) is 3.27. The molecule has 2 aromatic rings. The number of halogens is 2. The minimum atomic E-state index is -0.500. The van der Waals surface area contributed by atoms with E-state index in [1.165, 1.54) is 10.9 Å². The average molecular weight is 356 g/mol. The molecule has 0 radical (unpaired) electrons. The van der Waals surface area contributed by atoms with Crippen LogP contribution in [0.1, 0.15) is 22.2 Å². The van der Waals surface area contributed by atoms with Crippen molar-refractivity contribution in [1.29, 1.82) is 0 Å². The summed E-state index contributed by atoms with van der Waals surface area (Å²) in [6, 6.07) is 8.59. The standard InChI is InChI=1S/C15H15BrFNOS/c1-10(9-11-5-4-8-20-11)18(2)15(19)14-12(16)6-3-7-13(14)17/h3-8,10H,9H2,1-2H3. The first-order valence-corrected chi connectivity index (χ1v) is 7.91. The number of likely N-dealkylation sites (N-methyl/N-ethyl adjacent to an activating group) is 1. The van der Waals surface area contributed by atoms with Crippen LogP contribution < -0.4 is 0 Å². The molecule has 0 bridgehead atoms. The molecule has 1 aromatic carbocycles. The van der Waals surface area contributed by atoms with E-state index in [1.807, 2.05) is 24.4 Å². The molecule has 20 heavy (non-hydrogen) atoms. The highest BCUT2D eigenvalue weighted by Gasteiger charge is 2.23. The molecule has 1 amide bonds. The lowest BCUT2D eigenvalue weighted by molar-refractivity contribution is 0.0738. The third-order valence-electron chi connectivity index (χ3n) is 3.23. The van der Waals surface area contributed by atoms with Crippen molar-refractivity contribution in [3.63, 3.8) is 0 Å². The number of carbonyl (C=O) groups excluding carboxylic acids is 1. The maximum absolute atomic E-state index is 13.8. The van der Waals surface area contributed by atoms with E-state index in [-0.39, 0.29) is 17.5 Å². The molecule has 1 aromatic heterocycles. The number of carbonyl (C=O) groups is 1. The lowest BCUT2D eigenvalue weighted by atomic mass is 10.1. The van der Waals surface area contributed by atoms with E-state index >= 15 is 0 Å². The summed E-state index contributed by atoms with van der Waals surface area (Å²) < 4.78 is 14.3. The maximum Gasteiger partial charge on any atom is 0.257 e. The average Bonchev–Trinajstić information content (AvgIpc) is 2.90. The maximum atomic E-state index is 13.8. The SMILES string of the molecule is CC(Cc1cccs1)N(C)C(=O)c1c(F)cccc1Br. The van der Waals surface area contributed by atoms with E-state index in [2.05, 4.69) is 15.9 Å².